The SMILES string of the molecule is COC1CC(Nc2ccc(N)c(OCC3CC3)n2)C1. The highest BCUT2D eigenvalue weighted by Gasteiger charge is 2.29. The Balaban J connectivity index is 1.57. The van der Waals surface area contributed by atoms with Crippen molar-refractivity contribution < 1.29 is 9.47 Å². The van der Waals surface area contributed by atoms with Gasteiger partial charge in [-0.2, -0.15) is 4.98 Å². The topological polar surface area (TPSA) is 69.4 Å². The minimum atomic E-state index is 0.386. The number of pyridine rings is 1. The summed E-state index contributed by atoms with van der Waals surface area (Å²) in [6.45, 7) is 0.732. The van der Waals surface area contributed by atoms with Crippen LogP contribution in [0.4, 0.5) is 11.5 Å². The van der Waals surface area contributed by atoms with Gasteiger partial charge < -0.3 is 20.5 Å². The van der Waals surface area contributed by atoms with Crippen LogP contribution in [0.25, 0.3) is 0 Å². The Hall–Kier alpha value is -1.49. The molecule has 0 saturated heterocycles. The van der Waals surface area contributed by atoms with E-state index in [4.69, 9.17) is 15.2 Å². The van der Waals surface area contributed by atoms with Gasteiger partial charge in [0.25, 0.3) is 0 Å². The minimum Gasteiger partial charge on any atom is -0.476 e. The maximum Gasteiger partial charge on any atom is 0.239 e. The van der Waals surface area contributed by atoms with Crippen molar-refractivity contribution in [3.05, 3.63) is 12.1 Å². The first-order valence-corrected chi connectivity index (χ1v) is 6.93. The molecule has 0 amide bonds. The van der Waals surface area contributed by atoms with Crippen LogP contribution < -0.4 is 15.8 Å². The number of aromatic nitrogens is 1. The molecule has 19 heavy (non-hydrogen) atoms. The monoisotopic (exact) mass is 263 g/mol. The molecule has 0 aliphatic heterocycles. The van der Waals surface area contributed by atoms with Crippen LogP contribution in [0.3, 0.4) is 0 Å². The average molecular weight is 263 g/mol. The van der Waals surface area contributed by atoms with Gasteiger partial charge in [0, 0.05) is 13.2 Å². The Morgan fingerprint density at radius 1 is 1.37 bits per heavy atom. The fraction of sp³-hybridized carbons (Fsp3) is 0.643. The van der Waals surface area contributed by atoms with Gasteiger partial charge in [0.15, 0.2) is 0 Å². The molecule has 3 rings (SSSR count). The molecule has 2 aliphatic rings. The second-order valence-electron chi connectivity index (χ2n) is 5.52. The number of anilines is 2. The molecule has 3 N–H and O–H groups in total. The van der Waals surface area contributed by atoms with E-state index in [0.717, 1.165) is 25.3 Å². The van der Waals surface area contributed by atoms with Crippen molar-refractivity contribution in [2.45, 2.75) is 37.8 Å². The predicted molar refractivity (Wildman–Crippen MR) is 74.3 cm³/mol. The van der Waals surface area contributed by atoms with E-state index >= 15 is 0 Å². The van der Waals surface area contributed by atoms with E-state index in [1.54, 1.807) is 7.11 Å². The number of hydrogen-bond donors (Lipinski definition) is 2. The van der Waals surface area contributed by atoms with Gasteiger partial charge in [0.05, 0.1) is 18.4 Å². The number of nitrogens with two attached hydrogens (primary N) is 1. The smallest absolute Gasteiger partial charge is 0.239 e. The third-order valence-electron chi connectivity index (χ3n) is 3.82. The lowest BCUT2D eigenvalue weighted by Crippen LogP contribution is -2.40. The number of ether oxygens (including phenoxy) is 2. The standard InChI is InChI=1S/C14H21N3O2/c1-18-11-6-10(7-11)16-13-5-4-12(15)14(17-13)19-8-9-2-3-9/h4-5,9-11H,2-3,6-8,15H2,1H3,(H,16,17). The first-order chi connectivity index (χ1) is 9.24. The first kappa shape index (κ1) is 12.5. The molecule has 0 aromatic carbocycles. The summed E-state index contributed by atoms with van der Waals surface area (Å²) < 4.78 is 10.9. The molecule has 1 heterocycles. The lowest BCUT2D eigenvalue weighted by atomic mass is 9.89. The minimum absolute atomic E-state index is 0.386. The van der Waals surface area contributed by atoms with Crippen LogP contribution in [0, 0.1) is 5.92 Å². The van der Waals surface area contributed by atoms with Gasteiger partial charge in [-0.1, -0.05) is 0 Å². The van der Waals surface area contributed by atoms with Gasteiger partial charge in [-0.15, -0.1) is 0 Å². The second kappa shape index (κ2) is 5.25. The first-order valence-electron chi connectivity index (χ1n) is 6.93. The van der Waals surface area contributed by atoms with Crippen molar-refractivity contribution >= 4 is 11.5 Å². The maximum absolute atomic E-state index is 5.88. The van der Waals surface area contributed by atoms with Gasteiger partial charge in [-0.3, -0.25) is 0 Å². The van der Waals surface area contributed by atoms with Crippen LogP contribution in [0.15, 0.2) is 12.1 Å². The normalized spacial score (nSPS) is 25.7. The molecule has 0 atom stereocenters. The van der Waals surface area contributed by atoms with Crippen molar-refractivity contribution in [1.82, 2.24) is 4.98 Å². The second-order valence-corrected chi connectivity index (χ2v) is 5.52. The summed E-state index contributed by atoms with van der Waals surface area (Å²) in [6, 6.07) is 4.20. The molecule has 2 aliphatic carbocycles. The van der Waals surface area contributed by atoms with Crippen molar-refractivity contribution in [3.63, 3.8) is 0 Å². The van der Waals surface area contributed by atoms with Gasteiger partial charge in [-0.25, -0.2) is 0 Å². The van der Waals surface area contributed by atoms with Gasteiger partial charge in [-0.05, 0) is 43.7 Å². The fourth-order valence-electron chi connectivity index (χ4n) is 2.21. The van der Waals surface area contributed by atoms with E-state index in [2.05, 4.69) is 10.3 Å². The lowest BCUT2D eigenvalue weighted by molar-refractivity contribution is 0.0328. The molecular weight excluding hydrogens is 242 g/mol. The molecule has 2 fully saturated rings. The predicted octanol–water partition coefficient (Wildman–Crippen LogP) is 2.04. The van der Waals surface area contributed by atoms with E-state index in [1.807, 2.05) is 12.1 Å². The van der Waals surface area contributed by atoms with Gasteiger partial charge in [0.2, 0.25) is 5.88 Å². The average Bonchev–Trinajstić information content (AvgIpc) is 3.17. The molecule has 1 aromatic heterocycles. The number of nitrogens with zero attached hydrogens (tertiary/aromatic N) is 1. The van der Waals surface area contributed by atoms with Crippen molar-refractivity contribution in [1.29, 1.82) is 0 Å². The van der Waals surface area contributed by atoms with E-state index in [9.17, 15) is 0 Å². The maximum atomic E-state index is 5.88. The number of hydrogen-bond acceptors (Lipinski definition) is 5. The molecule has 104 valence electrons. The van der Waals surface area contributed by atoms with E-state index < -0.39 is 0 Å². The van der Waals surface area contributed by atoms with Crippen LogP contribution in [0.5, 0.6) is 5.88 Å². The lowest BCUT2D eigenvalue weighted by Gasteiger charge is -2.34. The third kappa shape index (κ3) is 3.10. The van der Waals surface area contributed by atoms with Crippen LogP contribution >= 0.6 is 0 Å². The molecule has 0 radical (unpaired) electrons. The van der Waals surface area contributed by atoms with Crippen molar-refractivity contribution in [2.75, 3.05) is 24.8 Å². The fourth-order valence-corrected chi connectivity index (χ4v) is 2.21. The number of nitrogen functional groups attached to an aromatic ring is 1. The highest BCUT2D eigenvalue weighted by molar-refractivity contribution is 5.54. The Morgan fingerprint density at radius 3 is 2.84 bits per heavy atom. The molecule has 2 saturated carbocycles. The summed E-state index contributed by atoms with van der Waals surface area (Å²) in [5.74, 6) is 2.09. The zero-order valence-corrected chi connectivity index (χ0v) is 11.3. The van der Waals surface area contributed by atoms with Gasteiger partial charge in [0.1, 0.15) is 5.82 Å². The van der Waals surface area contributed by atoms with Crippen molar-refractivity contribution in [2.24, 2.45) is 5.92 Å². The summed E-state index contributed by atoms with van der Waals surface area (Å²) in [7, 11) is 1.76. The Kier molecular flexibility index (Phi) is 3.46. The third-order valence-corrected chi connectivity index (χ3v) is 3.82. The molecular formula is C14H21N3O2. The quantitative estimate of drug-likeness (QED) is 0.822. The number of rotatable bonds is 6. The summed E-state index contributed by atoms with van der Waals surface area (Å²) in [4.78, 5) is 4.45. The van der Waals surface area contributed by atoms with E-state index in [0.29, 0.717) is 29.6 Å². The molecule has 5 nitrogen and oxygen atoms in total. The Labute approximate surface area is 113 Å². The molecule has 1 aromatic rings. The van der Waals surface area contributed by atoms with Crippen molar-refractivity contribution in [3.8, 4) is 5.88 Å². The summed E-state index contributed by atoms with van der Waals surface area (Å²) >= 11 is 0. The van der Waals surface area contributed by atoms with E-state index in [-0.39, 0.29) is 0 Å². The molecule has 0 spiro atoms. The van der Waals surface area contributed by atoms with Crippen LogP contribution in [-0.4, -0.2) is 30.8 Å². The Bertz CT molecular complexity index is 442. The van der Waals surface area contributed by atoms with Crippen LogP contribution in [0.2, 0.25) is 0 Å². The zero-order chi connectivity index (χ0) is 13.2. The largest absolute Gasteiger partial charge is 0.476 e. The Morgan fingerprint density at radius 2 is 2.16 bits per heavy atom. The van der Waals surface area contributed by atoms with Crippen LogP contribution in [-0.2, 0) is 4.74 Å². The highest BCUT2D eigenvalue weighted by Crippen LogP contribution is 2.31. The zero-order valence-electron chi connectivity index (χ0n) is 11.3. The number of methoxy groups -OCH3 is 1. The summed E-state index contributed by atoms with van der Waals surface area (Å²) in [5.41, 5.74) is 6.49. The molecule has 0 bridgehead atoms. The van der Waals surface area contributed by atoms with E-state index in [1.165, 1.54) is 12.8 Å². The summed E-state index contributed by atoms with van der Waals surface area (Å²) in [6.07, 6.45) is 4.97. The highest BCUT2D eigenvalue weighted by atomic mass is 16.5. The molecule has 5 heteroatoms. The van der Waals surface area contributed by atoms with Crippen LogP contribution in [0.1, 0.15) is 25.7 Å². The number of nitrogens with one attached hydrogen (secondary N) is 1. The molecule has 0 unspecified atom stereocenters. The summed E-state index contributed by atoms with van der Waals surface area (Å²) in [5, 5.41) is 3.39. The van der Waals surface area contributed by atoms with Gasteiger partial charge >= 0.3 is 0 Å².